The number of amides is 11. The fraction of sp³-hybridized carbons (Fsp3) is 0.788. The van der Waals surface area contributed by atoms with E-state index in [0.717, 1.165) is 12.8 Å². The molecule has 1 rings (SSSR count). The average molecular weight is 1250 g/mol. The standard InChI is InChI=1S/C52H98N16O13.H2O4S/c1-27(2)11-9-10-12-40(71)59-32(13-19-53)47(76)68-42(31(8)70)52(81)64-35(16-22-56)44(73)63-37-18-24-58-51(80)41(30(7)69)67-48(77)36(17-23-57)61-43(72)33(14-20-54)62-49(78)38(25-28(3)4)66-50(79)39(26-29(5)6)65-45(74)34(15-21-55)60-46(37)75;1-5(2,3)4/h27-39,41-42,69-70H,9-26,53-57H2,1-8H3,(H,58,80)(H,59,71)(H,60,75)(H,61,72)(H,62,78)(H,63,73)(H,64,81)(H,65,74)(H,66,79)(H,67,77)(H,68,76);(H2,1,2,3,4). The van der Waals surface area contributed by atoms with Gasteiger partial charge < -0.3 is 97.4 Å². The first-order valence-electron chi connectivity index (χ1n) is 29.0. The summed E-state index contributed by atoms with van der Waals surface area (Å²) in [4.78, 5) is 152. The van der Waals surface area contributed by atoms with Gasteiger partial charge in [-0.3, -0.25) is 61.8 Å². The third-order valence-electron chi connectivity index (χ3n) is 13.1. The van der Waals surface area contributed by atoms with Gasteiger partial charge in [0.15, 0.2) is 0 Å². The van der Waals surface area contributed by atoms with Crippen LogP contribution in [-0.2, 0) is 63.1 Å². The molecule has 0 aromatic heterocycles. The van der Waals surface area contributed by atoms with Crippen LogP contribution >= 0.6 is 0 Å². The molecule has 33 nitrogen and oxygen atoms in total. The number of nitrogens with two attached hydrogens (primary N) is 5. The highest BCUT2D eigenvalue weighted by molar-refractivity contribution is 7.79. The van der Waals surface area contributed by atoms with Gasteiger partial charge in [0.25, 0.3) is 0 Å². The van der Waals surface area contributed by atoms with Gasteiger partial charge in [0, 0.05) is 13.0 Å². The molecule has 0 aliphatic carbocycles. The molecule has 86 heavy (non-hydrogen) atoms. The smallest absolute Gasteiger partial charge is 0.391 e. The molecule has 0 radical (unpaired) electrons. The summed E-state index contributed by atoms with van der Waals surface area (Å²) < 4.78 is 31.6. The van der Waals surface area contributed by atoms with Crippen LogP contribution in [0.25, 0.3) is 0 Å². The van der Waals surface area contributed by atoms with E-state index in [0.29, 0.717) is 12.3 Å². The fourth-order valence-electron chi connectivity index (χ4n) is 8.62. The van der Waals surface area contributed by atoms with Gasteiger partial charge in [-0.25, -0.2) is 0 Å². The second-order valence-electron chi connectivity index (χ2n) is 22.3. The highest BCUT2D eigenvalue weighted by atomic mass is 32.3. The van der Waals surface area contributed by atoms with Gasteiger partial charge in [-0.2, -0.15) is 8.42 Å². The van der Waals surface area contributed by atoms with Crippen molar-refractivity contribution in [1.29, 1.82) is 0 Å². The molecule has 1 aliphatic rings. The molecule has 34 heteroatoms. The van der Waals surface area contributed by atoms with E-state index in [9.17, 15) is 63.0 Å². The maximum absolute atomic E-state index is 14.4. The number of hydrogen-bond donors (Lipinski definition) is 20. The first-order chi connectivity index (χ1) is 40.1. The van der Waals surface area contributed by atoms with Gasteiger partial charge in [0.2, 0.25) is 65.0 Å². The van der Waals surface area contributed by atoms with E-state index >= 15 is 0 Å². The topological polar surface area (TPSA) is 565 Å². The highest BCUT2D eigenvalue weighted by Crippen LogP contribution is 2.13. The third-order valence-corrected chi connectivity index (χ3v) is 13.1. The minimum Gasteiger partial charge on any atom is -0.391 e. The molecule has 25 N–H and O–H groups in total. The van der Waals surface area contributed by atoms with Gasteiger partial charge in [0.1, 0.15) is 60.4 Å². The van der Waals surface area contributed by atoms with Crippen LogP contribution < -0.4 is 87.2 Å². The lowest BCUT2D eigenvalue weighted by atomic mass is 9.99. The Morgan fingerprint density at radius 1 is 0.512 bits per heavy atom. The van der Waals surface area contributed by atoms with E-state index in [1.165, 1.54) is 13.8 Å². The zero-order chi connectivity index (χ0) is 66.0. The average Bonchev–Trinajstić information content (AvgIpc) is 2.27. The number of rotatable bonds is 28. The normalized spacial score (nSPS) is 22.6. The van der Waals surface area contributed by atoms with Crippen molar-refractivity contribution in [3.63, 3.8) is 0 Å². The summed E-state index contributed by atoms with van der Waals surface area (Å²) in [6, 6.07) is -14.5. The van der Waals surface area contributed by atoms with E-state index in [2.05, 4.69) is 72.3 Å². The summed E-state index contributed by atoms with van der Waals surface area (Å²) in [6.07, 6.45) is -1.81. The Morgan fingerprint density at radius 2 is 0.919 bits per heavy atom. The van der Waals surface area contributed by atoms with Gasteiger partial charge in [-0.1, -0.05) is 54.4 Å². The van der Waals surface area contributed by atoms with E-state index in [4.69, 9.17) is 46.2 Å². The van der Waals surface area contributed by atoms with Crippen molar-refractivity contribution in [1.82, 2.24) is 58.5 Å². The molecule has 0 saturated carbocycles. The van der Waals surface area contributed by atoms with Gasteiger partial charge in [-0.05, 0) is 122 Å². The Morgan fingerprint density at radius 3 is 1.31 bits per heavy atom. The van der Waals surface area contributed by atoms with Gasteiger partial charge in [0.05, 0.1) is 12.2 Å². The van der Waals surface area contributed by atoms with Crippen LogP contribution in [-0.4, -0.2) is 205 Å². The van der Waals surface area contributed by atoms with Crippen LogP contribution in [0.4, 0.5) is 0 Å². The maximum atomic E-state index is 14.4. The van der Waals surface area contributed by atoms with Crippen molar-refractivity contribution in [3.05, 3.63) is 0 Å². The second-order valence-corrected chi connectivity index (χ2v) is 23.2. The van der Waals surface area contributed by atoms with Crippen molar-refractivity contribution in [2.45, 2.75) is 205 Å². The van der Waals surface area contributed by atoms with Gasteiger partial charge >= 0.3 is 10.4 Å². The molecule has 496 valence electrons. The maximum Gasteiger partial charge on any atom is 0.394 e. The number of carbonyl (C=O) groups excluding carboxylic acids is 11. The quantitative estimate of drug-likeness (QED) is 0.0256. The van der Waals surface area contributed by atoms with Crippen LogP contribution in [0.2, 0.25) is 0 Å². The van der Waals surface area contributed by atoms with Crippen LogP contribution in [0, 0.1) is 17.8 Å². The van der Waals surface area contributed by atoms with E-state index in [1.54, 1.807) is 27.7 Å². The lowest BCUT2D eigenvalue weighted by Gasteiger charge is -2.29. The zero-order valence-electron chi connectivity index (χ0n) is 50.8. The van der Waals surface area contributed by atoms with Crippen molar-refractivity contribution < 1.29 is 80.5 Å². The van der Waals surface area contributed by atoms with E-state index in [-0.39, 0.29) is 95.9 Å². The number of carbonyl (C=O) groups is 11. The number of unbranched alkanes of at least 4 members (excludes halogenated alkanes) is 1. The summed E-state index contributed by atoms with van der Waals surface area (Å²) in [7, 11) is -4.67. The van der Waals surface area contributed by atoms with E-state index < -0.39 is 161 Å². The van der Waals surface area contributed by atoms with Crippen LogP contribution in [0.5, 0.6) is 0 Å². The largest absolute Gasteiger partial charge is 0.394 e. The number of nitrogens with one attached hydrogen (secondary N) is 11. The molecule has 1 heterocycles. The summed E-state index contributed by atoms with van der Waals surface area (Å²) in [5.41, 5.74) is 29.2. The first-order valence-corrected chi connectivity index (χ1v) is 30.4. The molecular formula is C52H100N16O17S. The number of aliphatic hydroxyl groups is 2. The Bertz CT molecular complexity index is 2290. The predicted molar refractivity (Wildman–Crippen MR) is 315 cm³/mol. The molecule has 12 atom stereocenters. The van der Waals surface area contributed by atoms with Crippen molar-refractivity contribution in [2.24, 2.45) is 46.4 Å². The molecule has 12 unspecified atom stereocenters. The third kappa shape index (κ3) is 33.0. The first kappa shape index (κ1) is 79.8. The number of aliphatic hydroxyl groups excluding tert-OH is 2. The molecule has 1 saturated heterocycles. The minimum absolute atomic E-state index is 0.0139. The van der Waals surface area contributed by atoms with Gasteiger partial charge in [-0.15, -0.1) is 0 Å². The van der Waals surface area contributed by atoms with Crippen molar-refractivity contribution in [2.75, 3.05) is 39.3 Å². The molecule has 11 amide bonds. The lowest BCUT2D eigenvalue weighted by Crippen LogP contribution is -2.62. The summed E-state index contributed by atoms with van der Waals surface area (Å²) in [5, 5.41) is 49.5. The molecule has 0 spiro atoms. The molecule has 0 aromatic carbocycles. The van der Waals surface area contributed by atoms with Crippen molar-refractivity contribution >= 4 is 75.4 Å². The SMILES string of the molecule is CC(C)CCCCC(=O)NC(CCN)C(=O)NC(C(=O)NC(CCN)C(=O)NC1CCNC(=O)C(C(C)O)NC(=O)C(CCN)NC(=O)C(CCN)NC(=O)C(CC(C)C)NC(=O)C(CC(C)C)NC(=O)C(CCN)NC1=O)C(C)O.O=S(=O)(O)O. The summed E-state index contributed by atoms with van der Waals surface area (Å²) >= 11 is 0. The summed E-state index contributed by atoms with van der Waals surface area (Å²) in [5.74, 6) is -9.55. The molecule has 1 fully saturated rings. The molecule has 1 aliphatic heterocycles. The zero-order valence-corrected chi connectivity index (χ0v) is 51.6. The minimum atomic E-state index is -4.67. The Labute approximate surface area is 503 Å². The predicted octanol–water partition coefficient (Wildman–Crippen LogP) is -6.48. The molecular weight excluding hydrogens is 1150 g/mol. The lowest BCUT2D eigenvalue weighted by molar-refractivity contribution is -0.137. The number of hydrogen-bond acceptors (Lipinski definition) is 20. The highest BCUT2D eigenvalue weighted by Gasteiger charge is 2.37. The monoisotopic (exact) mass is 1250 g/mol. The molecule has 0 bridgehead atoms. The second kappa shape index (κ2) is 41.8. The molecule has 0 aromatic rings. The van der Waals surface area contributed by atoms with Crippen LogP contribution in [0.15, 0.2) is 0 Å². The van der Waals surface area contributed by atoms with Crippen molar-refractivity contribution in [3.8, 4) is 0 Å². The van der Waals surface area contributed by atoms with E-state index in [1.807, 2.05) is 0 Å². The summed E-state index contributed by atoms with van der Waals surface area (Å²) in [6.45, 7) is 12.6. The Kier molecular flexibility index (Phi) is 38.8. The van der Waals surface area contributed by atoms with Crippen LogP contribution in [0.3, 0.4) is 0 Å². The Hall–Kier alpha value is -6.24. The van der Waals surface area contributed by atoms with Crippen LogP contribution in [0.1, 0.15) is 132 Å². The Balaban J connectivity index is 0.0000138. The fourth-order valence-corrected chi connectivity index (χ4v) is 8.62.